The number of nitrogens with zero attached hydrogens (tertiary/aromatic N) is 2. The van der Waals surface area contributed by atoms with Crippen LogP contribution >= 0.6 is 0 Å². The third-order valence-corrected chi connectivity index (χ3v) is 2.45. The molecule has 5 heteroatoms. The fraction of sp³-hybridized carbons (Fsp3) is 0.429. The van der Waals surface area contributed by atoms with Gasteiger partial charge in [0.05, 0.1) is 6.54 Å². The van der Waals surface area contributed by atoms with Gasteiger partial charge in [-0.25, -0.2) is 0 Å². The highest BCUT2D eigenvalue weighted by atomic mass is 16.5. The quantitative estimate of drug-likeness (QED) is 0.829. The summed E-state index contributed by atoms with van der Waals surface area (Å²) < 4.78 is 10.7. The topological polar surface area (TPSA) is 60.2 Å². The van der Waals surface area contributed by atoms with Crippen LogP contribution in [0.2, 0.25) is 0 Å². The van der Waals surface area contributed by atoms with Gasteiger partial charge in [-0.15, -0.1) is 0 Å². The van der Waals surface area contributed by atoms with E-state index in [-0.39, 0.29) is 0 Å². The average Bonchev–Trinajstić information content (AvgIpc) is 2.85. The largest absolute Gasteiger partial charge is 0.485 e. The molecule has 0 aliphatic rings. The molecule has 2 aromatic rings. The Morgan fingerprint density at radius 2 is 2.05 bits per heavy atom. The number of hydrogen-bond acceptors (Lipinski definition) is 5. The minimum absolute atomic E-state index is 0.317. The van der Waals surface area contributed by atoms with E-state index >= 15 is 0 Å². The number of benzene rings is 1. The predicted molar refractivity (Wildman–Crippen MR) is 71.6 cm³/mol. The Hall–Kier alpha value is -1.88. The monoisotopic (exact) mass is 261 g/mol. The maximum atomic E-state index is 5.54. The van der Waals surface area contributed by atoms with Gasteiger partial charge < -0.3 is 14.6 Å². The zero-order chi connectivity index (χ0) is 13.5. The average molecular weight is 261 g/mol. The summed E-state index contributed by atoms with van der Waals surface area (Å²) in [5.41, 5.74) is 0. The smallest absolute Gasteiger partial charge is 0.240 e. The van der Waals surface area contributed by atoms with Crippen molar-refractivity contribution in [2.45, 2.75) is 27.0 Å². The van der Waals surface area contributed by atoms with E-state index in [1.807, 2.05) is 30.3 Å². The van der Waals surface area contributed by atoms with Crippen molar-refractivity contribution < 1.29 is 9.26 Å². The molecule has 0 atom stereocenters. The molecule has 102 valence electrons. The van der Waals surface area contributed by atoms with Crippen LogP contribution in [0.15, 0.2) is 34.9 Å². The Labute approximate surface area is 113 Å². The lowest BCUT2D eigenvalue weighted by Gasteiger charge is -2.03. The lowest BCUT2D eigenvalue weighted by molar-refractivity contribution is 0.284. The number of ether oxygens (including phenoxy) is 1. The highest BCUT2D eigenvalue weighted by Crippen LogP contribution is 2.10. The Bertz CT molecular complexity index is 482. The van der Waals surface area contributed by atoms with Crippen LogP contribution in [0, 0.1) is 5.92 Å². The van der Waals surface area contributed by atoms with Gasteiger partial charge in [-0.3, -0.25) is 0 Å². The van der Waals surface area contributed by atoms with Gasteiger partial charge in [0.2, 0.25) is 11.7 Å². The van der Waals surface area contributed by atoms with E-state index in [0.29, 0.717) is 30.8 Å². The zero-order valence-corrected chi connectivity index (χ0v) is 11.3. The fourth-order valence-corrected chi connectivity index (χ4v) is 1.55. The lowest BCUT2D eigenvalue weighted by Crippen LogP contribution is -2.19. The van der Waals surface area contributed by atoms with Gasteiger partial charge in [-0.05, 0) is 24.6 Å². The second-order valence-corrected chi connectivity index (χ2v) is 4.73. The predicted octanol–water partition coefficient (Wildman–Crippen LogP) is 2.39. The maximum absolute atomic E-state index is 5.54. The zero-order valence-electron chi connectivity index (χ0n) is 11.3. The van der Waals surface area contributed by atoms with Crippen LogP contribution in [0.25, 0.3) is 0 Å². The van der Waals surface area contributed by atoms with Gasteiger partial charge in [-0.2, -0.15) is 4.98 Å². The third kappa shape index (κ3) is 4.71. The SMILES string of the molecule is CC(C)CNCc1nc(COc2ccccc2)no1. The molecule has 1 aromatic heterocycles. The molecule has 2 rings (SSSR count). The minimum Gasteiger partial charge on any atom is -0.485 e. The summed E-state index contributed by atoms with van der Waals surface area (Å²) in [5.74, 6) is 2.55. The van der Waals surface area contributed by atoms with Gasteiger partial charge >= 0.3 is 0 Å². The van der Waals surface area contributed by atoms with Gasteiger partial charge in [0.15, 0.2) is 6.61 Å². The molecule has 0 bridgehead atoms. The highest BCUT2D eigenvalue weighted by molar-refractivity contribution is 5.20. The molecule has 0 unspecified atom stereocenters. The van der Waals surface area contributed by atoms with Crippen LogP contribution < -0.4 is 10.1 Å². The Morgan fingerprint density at radius 1 is 1.26 bits per heavy atom. The Balaban J connectivity index is 1.77. The van der Waals surface area contributed by atoms with Gasteiger partial charge in [-0.1, -0.05) is 37.2 Å². The summed E-state index contributed by atoms with van der Waals surface area (Å²) >= 11 is 0. The van der Waals surface area contributed by atoms with E-state index in [1.165, 1.54) is 0 Å². The van der Waals surface area contributed by atoms with Crippen LogP contribution in [0.5, 0.6) is 5.75 Å². The van der Waals surface area contributed by atoms with E-state index in [9.17, 15) is 0 Å². The lowest BCUT2D eigenvalue weighted by atomic mass is 10.2. The third-order valence-electron chi connectivity index (χ3n) is 2.45. The summed E-state index contributed by atoms with van der Waals surface area (Å²) in [6.07, 6.45) is 0. The Morgan fingerprint density at radius 3 is 2.79 bits per heavy atom. The van der Waals surface area contributed by atoms with E-state index in [4.69, 9.17) is 9.26 Å². The molecular weight excluding hydrogens is 242 g/mol. The van der Waals surface area contributed by atoms with Crippen LogP contribution in [0.4, 0.5) is 0 Å². The van der Waals surface area contributed by atoms with E-state index in [1.54, 1.807) is 0 Å². The fourth-order valence-electron chi connectivity index (χ4n) is 1.55. The van der Waals surface area contributed by atoms with Crippen molar-refractivity contribution in [2.75, 3.05) is 6.54 Å². The van der Waals surface area contributed by atoms with Gasteiger partial charge in [0, 0.05) is 0 Å². The summed E-state index contributed by atoms with van der Waals surface area (Å²) in [6, 6.07) is 9.58. The van der Waals surface area contributed by atoms with Crippen LogP contribution in [-0.2, 0) is 13.2 Å². The number of para-hydroxylation sites is 1. The first kappa shape index (κ1) is 13.5. The van der Waals surface area contributed by atoms with Crippen molar-refractivity contribution in [2.24, 2.45) is 5.92 Å². The molecular formula is C14H19N3O2. The second-order valence-electron chi connectivity index (χ2n) is 4.73. The van der Waals surface area contributed by atoms with Crippen molar-refractivity contribution in [1.82, 2.24) is 15.5 Å². The van der Waals surface area contributed by atoms with Gasteiger partial charge in [0.25, 0.3) is 0 Å². The van der Waals surface area contributed by atoms with Crippen molar-refractivity contribution in [1.29, 1.82) is 0 Å². The summed E-state index contributed by atoms with van der Waals surface area (Å²) in [6.45, 7) is 6.15. The first-order valence-electron chi connectivity index (χ1n) is 6.44. The molecule has 0 spiro atoms. The molecule has 19 heavy (non-hydrogen) atoms. The van der Waals surface area contributed by atoms with Gasteiger partial charge in [0.1, 0.15) is 5.75 Å². The molecule has 0 saturated carbocycles. The molecule has 0 aliphatic heterocycles. The van der Waals surface area contributed by atoms with Crippen LogP contribution in [-0.4, -0.2) is 16.7 Å². The number of hydrogen-bond donors (Lipinski definition) is 1. The number of rotatable bonds is 7. The van der Waals surface area contributed by atoms with Crippen molar-refractivity contribution in [3.63, 3.8) is 0 Å². The Kier molecular flexibility index (Phi) is 4.92. The molecule has 1 aromatic carbocycles. The standard InChI is InChI=1S/C14H19N3O2/c1-11(2)8-15-9-14-16-13(17-19-14)10-18-12-6-4-3-5-7-12/h3-7,11,15H,8-10H2,1-2H3. The minimum atomic E-state index is 0.317. The van der Waals surface area contributed by atoms with E-state index in [2.05, 4.69) is 29.3 Å². The van der Waals surface area contributed by atoms with E-state index in [0.717, 1.165) is 12.3 Å². The van der Waals surface area contributed by atoms with Crippen LogP contribution in [0.1, 0.15) is 25.6 Å². The molecule has 0 aliphatic carbocycles. The highest BCUT2D eigenvalue weighted by Gasteiger charge is 2.06. The van der Waals surface area contributed by atoms with Crippen LogP contribution in [0.3, 0.4) is 0 Å². The molecule has 5 nitrogen and oxygen atoms in total. The number of aromatic nitrogens is 2. The first-order valence-corrected chi connectivity index (χ1v) is 6.44. The first-order chi connectivity index (χ1) is 9.24. The molecule has 0 radical (unpaired) electrons. The molecule has 0 fully saturated rings. The second kappa shape index (κ2) is 6.89. The van der Waals surface area contributed by atoms with Crippen molar-refractivity contribution in [3.05, 3.63) is 42.0 Å². The van der Waals surface area contributed by atoms with Crippen molar-refractivity contribution in [3.8, 4) is 5.75 Å². The molecule has 1 heterocycles. The molecule has 0 amide bonds. The van der Waals surface area contributed by atoms with E-state index < -0.39 is 0 Å². The summed E-state index contributed by atoms with van der Waals surface area (Å²) in [5, 5.41) is 7.13. The molecule has 0 saturated heterocycles. The summed E-state index contributed by atoms with van der Waals surface area (Å²) in [7, 11) is 0. The maximum Gasteiger partial charge on any atom is 0.240 e. The molecule has 1 N–H and O–H groups in total. The normalized spacial score (nSPS) is 10.9. The van der Waals surface area contributed by atoms with Crippen molar-refractivity contribution >= 4 is 0 Å². The number of nitrogens with one attached hydrogen (secondary N) is 1. The summed E-state index contributed by atoms with van der Waals surface area (Å²) in [4.78, 5) is 4.26.